The van der Waals surface area contributed by atoms with Crippen molar-refractivity contribution in [3.8, 4) is 0 Å². The van der Waals surface area contributed by atoms with Gasteiger partial charge in [-0.2, -0.15) is 0 Å². The fourth-order valence-electron chi connectivity index (χ4n) is 3.59. The van der Waals surface area contributed by atoms with Gasteiger partial charge < -0.3 is 5.32 Å². The van der Waals surface area contributed by atoms with Gasteiger partial charge in [0, 0.05) is 17.0 Å². The molecule has 5 nitrogen and oxygen atoms in total. The summed E-state index contributed by atoms with van der Waals surface area (Å²) in [7, 11) is 0. The molecule has 0 aliphatic rings. The van der Waals surface area contributed by atoms with Gasteiger partial charge in [-0.15, -0.1) is 0 Å². The summed E-state index contributed by atoms with van der Waals surface area (Å²) in [5, 5.41) is 5.46. The van der Waals surface area contributed by atoms with Crippen molar-refractivity contribution in [3.63, 3.8) is 0 Å². The summed E-state index contributed by atoms with van der Waals surface area (Å²) in [6.45, 7) is 0.579. The molecule has 1 N–H and O–H groups in total. The average Bonchev–Trinajstić information content (AvgIpc) is 3.19. The monoisotopic (exact) mass is 446 g/mol. The van der Waals surface area contributed by atoms with Crippen LogP contribution < -0.4 is 5.32 Å². The number of imidazole rings is 1. The van der Waals surface area contributed by atoms with E-state index in [1.807, 2.05) is 77.2 Å². The van der Waals surface area contributed by atoms with Crippen molar-refractivity contribution in [1.82, 2.24) is 19.7 Å². The lowest BCUT2D eigenvalue weighted by Crippen LogP contribution is -2.27. The van der Waals surface area contributed by atoms with E-state index in [2.05, 4.69) is 5.32 Å². The molecule has 3 aromatic carbocycles. The highest BCUT2D eigenvalue weighted by Crippen LogP contribution is 2.28. The second-order valence-corrected chi connectivity index (χ2v) is 8.57. The third-order valence-electron chi connectivity index (χ3n) is 5.09. The highest BCUT2D eigenvalue weighted by molar-refractivity contribution is 7.99. The smallest absolute Gasteiger partial charge is 0.230 e. The SMILES string of the molecule is O=C(CSc1nc2ccccc2c2nc3ccccc3n12)NCCc1ccc(Cl)cc1. The molecule has 2 heterocycles. The van der Waals surface area contributed by atoms with Crippen LogP contribution in [0.1, 0.15) is 5.56 Å². The molecule has 7 heteroatoms. The van der Waals surface area contributed by atoms with Crippen molar-refractivity contribution >= 4 is 56.9 Å². The predicted molar refractivity (Wildman–Crippen MR) is 127 cm³/mol. The Morgan fingerprint density at radius 2 is 1.68 bits per heavy atom. The maximum absolute atomic E-state index is 12.5. The van der Waals surface area contributed by atoms with Crippen LogP contribution in [0.2, 0.25) is 5.02 Å². The molecule has 5 rings (SSSR count). The first kappa shape index (κ1) is 19.8. The second-order valence-electron chi connectivity index (χ2n) is 7.19. The largest absolute Gasteiger partial charge is 0.355 e. The molecule has 0 spiro atoms. The maximum atomic E-state index is 12.5. The summed E-state index contributed by atoms with van der Waals surface area (Å²) in [4.78, 5) is 22.1. The summed E-state index contributed by atoms with van der Waals surface area (Å²) in [5.41, 5.74) is 4.77. The van der Waals surface area contributed by atoms with E-state index >= 15 is 0 Å². The van der Waals surface area contributed by atoms with E-state index in [0.717, 1.165) is 44.7 Å². The van der Waals surface area contributed by atoms with Crippen LogP contribution >= 0.6 is 23.4 Å². The fourth-order valence-corrected chi connectivity index (χ4v) is 4.55. The number of hydrogen-bond donors (Lipinski definition) is 1. The molecule has 0 atom stereocenters. The number of hydrogen-bond acceptors (Lipinski definition) is 4. The maximum Gasteiger partial charge on any atom is 0.230 e. The standard InChI is InChI=1S/C24H19ClN4OS/c25-17-11-9-16(10-12-17)13-14-26-22(30)15-31-24-28-19-6-2-1-5-18(19)23-27-20-7-3-4-8-21(20)29(23)24/h1-12H,13-15H2,(H,26,30). The zero-order valence-electron chi connectivity index (χ0n) is 16.6. The van der Waals surface area contributed by atoms with Crippen LogP contribution in [0.4, 0.5) is 0 Å². The lowest BCUT2D eigenvalue weighted by atomic mass is 10.1. The Hall–Kier alpha value is -3.09. The van der Waals surface area contributed by atoms with Gasteiger partial charge in [-0.05, 0) is 48.4 Å². The normalized spacial score (nSPS) is 11.4. The van der Waals surface area contributed by atoms with E-state index in [9.17, 15) is 4.79 Å². The number of carbonyl (C=O) groups excluding carboxylic acids is 1. The number of amides is 1. The number of nitrogens with one attached hydrogen (secondary N) is 1. The van der Waals surface area contributed by atoms with E-state index in [1.165, 1.54) is 11.8 Å². The van der Waals surface area contributed by atoms with E-state index in [4.69, 9.17) is 21.6 Å². The molecule has 0 radical (unpaired) electrons. The Kier molecular flexibility index (Phi) is 5.49. The van der Waals surface area contributed by atoms with Crippen molar-refractivity contribution in [2.24, 2.45) is 0 Å². The van der Waals surface area contributed by atoms with E-state index in [1.54, 1.807) is 0 Å². The Morgan fingerprint density at radius 3 is 2.52 bits per heavy atom. The van der Waals surface area contributed by atoms with Gasteiger partial charge >= 0.3 is 0 Å². The van der Waals surface area contributed by atoms with Crippen LogP contribution in [0.25, 0.3) is 27.6 Å². The van der Waals surface area contributed by atoms with Crippen LogP contribution in [-0.2, 0) is 11.2 Å². The number of thioether (sulfide) groups is 1. The number of rotatable bonds is 6. The van der Waals surface area contributed by atoms with E-state index in [0.29, 0.717) is 11.6 Å². The molecule has 0 saturated heterocycles. The van der Waals surface area contributed by atoms with Crippen molar-refractivity contribution in [3.05, 3.63) is 83.4 Å². The summed E-state index contributed by atoms with van der Waals surface area (Å²) >= 11 is 7.34. The molecule has 0 aliphatic heterocycles. The van der Waals surface area contributed by atoms with Gasteiger partial charge in [0.25, 0.3) is 0 Å². The Bertz CT molecular complexity index is 1400. The van der Waals surface area contributed by atoms with Crippen molar-refractivity contribution in [2.75, 3.05) is 12.3 Å². The van der Waals surface area contributed by atoms with E-state index in [-0.39, 0.29) is 11.7 Å². The molecular weight excluding hydrogens is 428 g/mol. The molecule has 2 aromatic heterocycles. The van der Waals surface area contributed by atoms with Gasteiger partial charge in [0.2, 0.25) is 5.91 Å². The second kappa shape index (κ2) is 8.57. The lowest BCUT2D eigenvalue weighted by molar-refractivity contribution is -0.118. The molecular formula is C24H19ClN4OS. The van der Waals surface area contributed by atoms with Crippen LogP contribution in [0, 0.1) is 0 Å². The summed E-state index contributed by atoms with van der Waals surface area (Å²) in [6.07, 6.45) is 0.762. The number of para-hydroxylation sites is 3. The number of carbonyl (C=O) groups is 1. The van der Waals surface area contributed by atoms with Crippen molar-refractivity contribution in [1.29, 1.82) is 0 Å². The van der Waals surface area contributed by atoms with Crippen LogP contribution in [0.5, 0.6) is 0 Å². The average molecular weight is 447 g/mol. The van der Waals surface area contributed by atoms with Crippen LogP contribution in [0.3, 0.4) is 0 Å². The van der Waals surface area contributed by atoms with Crippen LogP contribution in [-0.4, -0.2) is 32.6 Å². The zero-order valence-corrected chi connectivity index (χ0v) is 18.2. The number of fused-ring (bicyclic) bond motifs is 5. The van der Waals surface area contributed by atoms with Crippen molar-refractivity contribution in [2.45, 2.75) is 11.6 Å². The highest BCUT2D eigenvalue weighted by Gasteiger charge is 2.15. The minimum atomic E-state index is -0.0218. The molecule has 5 aromatic rings. The molecule has 0 saturated carbocycles. The fraction of sp³-hybridized carbons (Fsp3) is 0.125. The Balaban J connectivity index is 1.35. The van der Waals surface area contributed by atoms with Gasteiger partial charge in [0.1, 0.15) is 5.65 Å². The minimum absolute atomic E-state index is 0.0218. The van der Waals surface area contributed by atoms with Gasteiger partial charge in [-0.3, -0.25) is 9.20 Å². The minimum Gasteiger partial charge on any atom is -0.355 e. The third-order valence-corrected chi connectivity index (χ3v) is 6.29. The van der Waals surface area contributed by atoms with Gasteiger partial charge in [-0.25, -0.2) is 9.97 Å². The zero-order chi connectivity index (χ0) is 21.2. The van der Waals surface area contributed by atoms with Crippen LogP contribution in [0.15, 0.2) is 78.0 Å². The summed E-state index contributed by atoms with van der Waals surface area (Å²) in [6, 6.07) is 23.6. The number of nitrogens with zero attached hydrogens (tertiary/aromatic N) is 3. The first-order valence-corrected chi connectivity index (χ1v) is 11.4. The molecule has 154 valence electrons. The first-order valence-electron chi connectivity index (χ1n) is 9.99. The predicted octanol–water partition coefficient (Wildman–Crippen LogP) is 5.14. The number of halogens is 1. The molecule has 0 unspecified atom stereocenters. The first-order chi connectivity index (χ1) is 15.2. The topological polar surface area (TPSA) is 59.3 Å². The Labute approximate surface area is 188 Å². The number of aromatic nitrogens is 3. The van der Waals surface area contributed by atoms with E-state index < -0.39 is 0 Å². The van der Waals surface area contributed by atoms with Gasteiger partial charge in [0.15, 0.2) is 5.16 Å². The van der Waals surface area contributed by atoms with Gasteiger partial charge in [0.05, 0.1) is 22.3 Å². The lowest BCUT2D eigenvalue weighted by Gasteiger charge is -2.09. The third kappa shape index (κ3) is 4.09. The Morgan fingerprint density at radius 1 is 0.935 bits per heavy atom. The van der Waals surface area contributed by atoms with Gasteiger partial charge in [-0.1, -0.05) is 59.8 Å². The molecule has 31 heavy (non-hydrogen) atoms. The summed E-state index contributed by atoms with van der Waals surface area (Å²) in [5.74, 6) is 0.264. The molecule has 0 bridgehead atoms. The summed E-state index contributed by atoms with van der Waals surface area (Å²) < 4.78 is 2.04. The number of benzene rings is 3. The molecule has 0 aliphatic carbocycles. The highest BCUT2D eigenvalue weighted by atomic mass is 35.5. The quantitative estimate of drug-likeness (QED) is 0.290. The molecule has 1 amide bonds. The molecule has 0 fully saturated rings. The van der Waals surface area contributed by atoms with Crippen molar-refractivity contribution < 1.29 is 4.79 Å².